The molecule has 0 saturated heterocycles. The topological polar surface area (TPSA) is 55.0 Å². The van der Waals surface area contributed by atoms with Crippen molar-refractivity contribution in [3.05, 3.63) is 23.3 Å². The normalized spacial score (nSPS) is 17.1. The van der Waals surface area contributed by atoms with Crippen LogP contribution >= 0.6 is 0 Å². The maximum atomic E-state index is 5.48. The zero-order valence-electron chi connectivity index (χ0n) is 7.82. The van der Waals surface area contributed by atoms with Crippen LogP contribution in [0.2, 0.25) is 0 Å². The molecule has 0 radical (unpaired) electrons. The Labute approximate surface area is 77.8 Å². The van der Waals surface area contributed by atoms with E-state index in [4.69, 9.17) is 5.73 Å². The van der Waals surface area contributed by atoms with Crippen LogP contribution in [-0.2, 0) is 19.5 Å². The summed E-state index contributed by atoms with van der Waals surface area (Å²) >= 11 is 0. The van der Waals surface area contributed by atoms with E-state index < -0.39 is 0 Å². The molecule has 0 unspecified atom stereocenters. The molecule has 2 heterocycles. The molecule has 0 amide bonds. The maximum absolute atomic E-state index is 5.48. The van der Waals surface area contributed by atoms with E-state index >= 15 is 0 Å². The van der Waals surface area contributed by atoms with Gasteiger partial charge in [-0.1, -0.05) is 0 Å². The molecular formula is C9H14N4. The summed E-state index contributed by atoms with van der Waals surface area (Å²) in [6, 6.07) is 0. The van der Waals surface area contributed by atoms with Gasteiger partial charge in [0.15, 0.2) is 0 Å². The first-order valence-corrected chi connectivity index (χ1v) is 4.52. The Morgan fingerprint density at radius 3 is 3.23 bits per heavy atom. The van der Waals surface area contributed by atoms with Crippen molar-refractivity contribution in [2.75, 3.05) is 13.6 Å². The van der Waals surface area contributed by atoms with Crippen molar-refractivity contribution in [2.45, 2.75) is 19.5 Å². The SMILES string of the molecule is CN1CCc2cnc(CN)nc2C1. The fourth-order valence-electron chi connectivity index (χ4n) is 1.57. The van der Waals surface area contributed by atoms with E-state index in [1.54, 1.807) is 0 Å². The molecule has 0 aliphatic carbocycles. The number of hydrogen-bond acceptors (Lipinski definition) is 4. The van der Waals surface area contributed by atoms with E-state index in [1.165, 1.54) is 5.56 Å². The second kappa shape index (κ2) is 3.40. The summed E-state index contributed by atoms with van der Waals surface area (Å²) < 4.78 is 0. The van der Waals surface area contributed by atoms with Crippen molar-refractivity contribution in [2.24, 2.45) is 5.73 Å². The highest BCUT2D eigenvalue weighted by molar-refractivity contribution is 5.20. The van der Waals surface area contributed by atoms with Crippen LogP contribution in [-0.4, -0.2) is 28.5 Å². The molecule has 1 aromatic heterocycles. The standard InChI is InChI=1S/C9H14N4/c1-13-3-2-7-5-11-9(4-10)12-8(7)6-13/h5H,2-4,6,10H2,1H3. The van der Waals surface area contributed by atoms with Crippen LogP contribution in [0.15, 0.2) is 6.20 Å². The molecule has 1 aliphatic rings. The predicted molar refractivity (Wildman–Crippen MR) is 50.0 cm³/mol. The third-order valence-corrected chi connectivity index (χ3v) is 2.37. The molecular weight excluding hydrogens is 164 g/mol. The highest BCUT2D eigenvalue weighted by Crippen LogP contribution is 2.14. The molecule has 0 bridgehead atoms. The lowest BCUT2D eigenvalue weighted by Crippen LogP contribution is -2.28. The number of aromatic nitrogens is 2. The Morgan fingerprint density at radius 1 is 1.62 bits per heavy atom. The third kappa shape index (κ3) is 1.68. The number of nitrogens with zero attached hydrogens (tertiary/aromatic N) is 3. The van der Waals surface area contributed by atoms with Gasteiger partial charge in [0.25, 0.3) is 0 Å². The van der Waals surface area contributed by atoms with E-state index in [0.717, 1.165) is 31.0 Å². The van der Waals surface area contributed by atoms with Gasteiger partial charge in [-0.25, -0.2) is 9.97 Å². The molecule has 2 rings (SSSR count). The van der Waals surface area contributed by atoms with Crippen molar-refractivity contribution >= 4 is 0 Å². The van der Waals surface area contributed by atoms with Crippen LogP contribution in [0.4, 0.5) is 0 Å². The lowest BCUT2D eigenvalue weighted by molar-refractivity contribution is 0.306. The highest BCUT2D eigenvalue weighted by Gasteiger charge is 2.14. The minimum absolute atomic E-state index is 0.428. The number of fused-ring (bicyclic) bond motifs is 1. The second-order valence-corrected chi connectivity index (χ2v) is 3.45. The Morgan fingerprint density at radius 2 is 2.46 bits per heavy atom. The quantitative estimate of drug-likeness (QED) is 0.653. The first-order chi connectivity index (χ1) is 6.29. The lowest BCUT2D eigenvalue weighted by Gasteiger charge is -2.23. The number of likely N-dealkylation sites (N-methyl/N-ethyl adjacent to an activating group) is 1. The van der Waals surface area contributed by atoms with Gasteiger partial charge in [-0.3, -0.25) is 0 Å². The Balaban J connectivity index is 2.32. The molecule has 0 spiro atoms. The summed E-state index contributed by atoms with van der Waals surface area (Å²) in [4.78, 5) is 10.8. The Bertz CT molecular complexity index is 310. The van der Waals surface area contributed by atoms with Crippen LogP contribution in [0.25, 0.3) is 0 Å². The van der Waals surface area contributed by atoms with Crippen molar-refractivity contribution in [3.63, 3.8) is 0 Å². The first kappa shape index (κ1) is 8.59. The Kier molecular flexibility index (Phi) is 2.24. The van der Waals surface area contributed by atoms with Crippen LogP contribution in [0.5, 0.6) is 0 Å². The molecule has 0 atom stereocenters. The minimum atomic E-state index is 0.428. The van der Waals surface area contributed by atoms with Crippen molar-refractivity contribution in [3.8, 4) is 0 Å². The summed E-state index contributed by atoms with van der Waals surface area (Å²) in [5, 5.41) is 0. The highest BCUT2D eigenvalue weighted by atomic mass is 15.1. The summed E-state index contributed by atoms with van der Waals surface area (Å²) in [5.41, 5.74) is 7.90. The van der Waals surface area contributed by atoms with Gasteiger partial charge in [-0.15, -0.1) is 0 Å². The zero-order valence-corrected chi connectivity index (χ0v) is 7.82. The van der Waals surface area contributed by atoms with Crippen molar-refractivity contribution in [1.82, 2.24) is 14.9 Å². The fraction of sp³-hybridized carbons (Fsp3) is 0.556. The van der Waals surface area contributed by atoms with Gasteiger partial charge < -0.3 is 10.6 Å². The zero-order chi connectivity index (χ0) is 9.26. The summed E-state index contributed by atoms with van der Waals surface area (Å²) in [6.07, 6.45) is 2.97. The second-order valence-electron chi connectivity index (χ2n) is 3.45. The molecule has 70 valence electrons. The fourth-order valence-corrected chi connectivity index (χ4v) is 1.57. The Hall–Kier alpha value is -1.00. The maximum Gasteiger partial charge on any atom is 0.142 e. The summed E-state index contributed by atoms with van der Waals surface area (Å²) in [5.74, 6) is 0.744. The first-order valence-electron chi connectivity index (χ1n) is 4.52. The van der Waals surface area contributed by atoms with Gasteiger partial charge in [0.2, 0.25) is 0 Å². The van der Waals surface area contributed by atoms with E-state index in [2.05, 4.69) is 21.9 Å². The molecule has 2 N–H and O–H groups in total. The summed E-state index contributed by atoms with van der Waals surface area (Å²) in [7, 11) is 2.10. The molecule has 0 fully saturated rings. The molecule has 1 aliphatic heterocycles. The van der Waals surface area contributed by atoms with Gasteiger partial charge >= 0.3 is 0 Å². The molecule has 13 heavy (non-hydrogen) atoms. The van der Waals surface area contributed by atoms with Gasteiger partial charge in [-0.05, 0) is 19.0 Å². The van der Waals surface area contributed by atoms with Crippen LogP contribution in [0, 0.1) is 0 Å². The van der Waals surface area contributed by atoms with Crippen LogP contribution in [0.3, 0.4) is 0 Å². The van der Waals surface area contributed by atoms with E-state index in [9.17, 15) is 0 Å². The van der Waals surface area contributed by atoms with E-state index in [1.807, 2.05) is 6.20 Å². The average Bonchev–Trinajstić information content (AvgIpc) is 2.16. The minimum Gasteiger partial charge on any atom is -0.324 e. The number of rotatable bonds is 1. The summed E-state index contributed by atoms with van der Waals surface area (Å²) in [6.45, 7) is 2.44. The average molecular weight is 178 g/mol. The largest absolute Gasteiger partial charge is 0.324 e. The van der Waals surface area contributed by atoms with Crippen molar-refractivity contribution < 1.29 is 0 Å². The molecule has 1 aromatic rings. The third-order valence-electron chi connectivity index (χ3n) is 2.37. The molecule has 4 nitrogen and oxygen atoms in total. The number of nitrogens with two attached hydrogens (primary N) is 1. The monoisotopic (exact) mass is 178 g/mol. The lowest BCUT2D eigenvalue weighted by atomic mass is 10.1. The molecule has 4 heteroatoms. The van der Waals surface area contributed by atoms with E-state index in [0.29, 0.717) is 6.54 Å². The number of hydrogen-bond donors (Lipinski definition) is 1. The van der Waals surface area contributed by atoms with Gasteiger partial charge in [-0.2, -0.15) is 0 Å². The van der Waals surface area contributed by atoms with Crippen molar-refractivity contribution in [1.29, 1.82) is 0 Å². The molecule has 0 saturated carbocycles. The smallest absolute Gasteiger partial charge is 0.142 e. The van der Waals surface area contributed by atoms with E-state index in [-0.39, 0.29) is 0 Å². The molecule has 0 aromatic carbocycles. The van der Waals surface area contributed by atoms with Gasteiger partial charge in [0.1, 0.15) is 5.82 Å². The van der Waals surface area contributed by atoms with Crippen LogP contribution in [0.1, 0.15) is 17.1 Å². The van der Waals surface area contributed by atoms with Gasteiger partial charge in [0.05, 0.1) is 12.2 Å². The van der Waals surface area contributed by atoms with Gasteiger partial charge in [0, 0.05) is 19.3 Å². The van der Waals surface area contributed by atoms with Crippen LogP contribution < -0.4 is 5.73 Å². The predicted octanol–water partition coefficient (Wildman–Crippen LogP) is -0.0768.